The Labute approximate surface area is 113 Å². The fourth-order valence-electron chi connectivity index (χ4n) is 2.50. The van der Waals surface area contributed by atoms with Gasteiger partial charge < -0.3 is 15.5 Å². The highest BCUT2D eigenvalue weighted by atomic mass is 15.3. The zero-order valence-electron chi connectivity index (χ0n) is 11.3. The Morgan fingerprint density at radius 1 is 1.11 bits per heavy atom. The molecule has 0 radical (unpaired) electrons. The second-order valence-corrected chi connectivity index (χ2v) is 5.19. The van der Waals surface area contributed by atoms with E-state index >= 15 is 0 Å². The summed E-state index contributed by atoms with van der Waals surface area (Å²) in [4.78, 5) is 9.48. The van der Waals surface area contributed by atoms with Gasteiger partial charge in [0.25, 0.3) is 0 Å². The molecular weight excluding hydrogens is 236 g/mol. The largest absolute Gasteiger partial charge is 0.354 e. The van der Waals surface area contributed by atoms with Gasteiger partial charge in [0.15, 0.2) is 0 Å². The van der Waals surface area contributed by atoms with Crippen molar-refractivity contribution in [3.8, 4) is 0 Å². The summed E-state index contributed by atoms with van der Waals surface area (Å²) in [5.74, 6) is 1.08. The zero-order chi connectivity index (χ0) is 13.2. The lowest BCUT2D eigenvalue weighted by molar-refractivity contribution is 0.312. The third-order valence-corrected chi connectivity index (χ3v) is 3.80. The standard InChI is InChI=1S/C15H20N4/c1-18-6-8-19(9-7-18)15-5-3-13-10-12(11-16)2-4-14(13)17-15/h2-5,10H,6-9,11,16H2,1H3. The molecule has 2 heterocycles. The van der Waals surface area contributed by atoms with Gasteiger partial charge in [0, 0.05) is 38.1 Å². The Morgan fingerprint density at radius 2 is 1.89 bits per heavy atom. The topological polar surface area (TPSA) is 45.4 Å². The smallest absolute Gasteiger partial charge is 0.129 e. The number of fused-ring (bicyclic) bond motifs is 1. The quantitative estimate of drug-likeness (QED) is 0.883. The molecule has 1 aliphatic rings. The molecule has 0 unspecified atom stereocenters. The molecule has 100 valence electrons. The van der Waals surface area contributed by atoms with Crippen LogP contribution in [0, 0.1) is 0 Å². The number of hydrogen-bond donors (Lipinski definition) is 1. The van der Waals surface area contributed by atoms with Gasteiger partial charge in [-0.25, -0.2) is 4.98 Å². The molecule has 4 heteroatoms. The molecule has 3 rings (SSSR count). The number of hydrogen-bond acceptors (Lipinski definition) is 4. The summed E-state index contributed by atoms with van der Waals surface area (Å²) in [7, 11) is 2.17. The number of anilines is 1. The maximum Gasteiger partial charge on any atom is 0.129 e. The van der Waals surface area contributed by atoms with Crippen LogP contribution in [0.1, 0.15) is 5.56 Å². The minimum atomic E-state index is 0.580. The van der Waals surface area contributed by atoms with Gasteiger partial charge in [-0.3, -0.25) is 0 Å². The van der Waals surface area contributed by atoms with E-state index < -0.39 is 0 Å². The first kappa shape index (κ1) is 12.4. The SMILES string of the molecule is CN1CCN(c2ccc3cc(CN)ccc3n2)CC1. The molecule has 1 aromatic heterocycles. The number of likely N-dealkylation sites (N-methyl/N-ethyl adjacent to an activating group) is 1. The summed E-state index contributed by atoms with van der Waals surface area (Å²) in [6.45, 7) is 4.89. The molecule has 1 aromatic carbocycles. The molecule has 1 fully saturated rings. The number of piperazine rings is 1. The van der Waals surface area contributed by atoms with Crippen LogP contribution in [0.15, 0.2) is 30.3 Å². The minimum absolute atomic E-state index is 0.580. The van der Waals surface area contributed by atoms with Crippen LogP contribution in [0.25, 0.3) is 10.9 Å². The molecule has 1 saturated heterocycles. The maximum atomic E-state index is 5.67. The molecule has 2 aromatic rings. The van der Waals surface area contributed by atoms with Crippen molar-refractivity contribution in [1.82, 2.24) is 9.88 Å². The third kappa shape index (κ3) is 2.55. The average Bonchev–Trinajstić information content (AvgIpc) is 2.47. The van der Waals surface area contributed by atoms with Gasteiger partial charge in [-0.2, -0.15) is 0 Å². The van der Waals surface area contributed by atoms with Crippen LogP contribution in [0.4, 0.5) is 5.82 Å². The van der Waals surface area contributed by atoms with Gasteiger partial charge >= 0.3 is 0 Å². The van der Waals surface area contributed by atoms with Gasteiger partial charge in [0.1, 0.15) is 5.82 Å². The van der Waals surface area contributed by atoms with Crippen LogP contribution in [-0.2, 0) is 6.54 Å². The Kier molecular flexibility index (Phi) is 3.36. The maximum absolute atomic E-state index is 5.67. The lowest BCUT2D eigenvalue weighted by Gasteiger charge is -2.33. The van der Waals surface area contributed by atoms with E-state index in [1.165, 1.54) is 5.39 Å². The third-order valence-electron chi connectivity index (χ3n) is 3.80. The Hall–Kier alpha value is -1.65. The van der Waals surface area contributed by atoms with Crippen molar-refractivity contribution in [2.45, 2.75) is 6.54 Å². The molecule has 0 saturated carbocycles. The summed E-state index contributed by atoms with van der Waals surface area (Å²) in [5, 5.41) is 1.17. The van der Waals surface area contributed by atoms with Crippen molar-refractivity contribution in [3.05, 3.63) is 35.9 Å². The van der Waals surface area contributed by atoms with Crippen LogP contribution in [0.5, 0.6) is 0 Å². The summed E-state index contributed by atoms with van der Waals surface area (Å²) < 4.78 is 0. The first-order valence-corrected chi connectivity index (χ1v) is 6.79. The number of nitrogens with two attached hydrogens (primary N) is 1. The number of aromatic nitrogens is 1. The van der Waals surface area contributed by atoms with Gasteiger partial charge in [-0.05, 0) is 36.9 Å². The predicted octanol–water partition coefficient (Wildman–Crippen LogP) is 1.45. The van der Waals surface area contributed by atoms with E-state index in [0.29, 0.717) is 6.54 Å². The van der Waals surface area contributed by atoms with E-state index in [-0.39, 0.29) is 0 Å². The summed E-state index contributed by atoms with van der Waals surface area (Å²) in [6.07, 6.45) is 0. The normalized spacial score (nSPS) is 17.1. The van der Waals surface area contributed by atoms with Gasteiger partial charge in [-0.1, -0.05) is 6.07 Å². The molecule has 2 N–H and O–H groups in total. The van der Waals surface area contributed by atoms with Crippen molar-refractivity contribution < 1.29 is 0 Å². The molecule has 0 atom stereocenters. The second-order valence-electron chi connectivity index (χ2n) is 5.19. The van der Waals surface area contributed by atoms with Crippen LogP contribution in [0.2, 0.25) is 0 Å². The summed E-state index contributed by atoms with van der Waals surface area (Å²) in [6, 6.07) is 10.5. The van der Waals surface area contributed by atoms with Crippen LogP contribution in [0.3, 0.4) is 0 Å². The van der Waals surface area contributed by atoms with E-state index in [9.17, 15) is 0 Å². The lowest BCUT2D eigenvalue weighted by atomic mass is 10.1. The van der Waals surface area contributed by atoms with E-state index in [1.54, 1.807) is 0 Å². The van der Waals surface area contributed by atoms with Crippen molar-refractivity contribution in [3.63, 3.8) is 0 Å². The molecule has 0 aliphatic carbocycles. The fourth-order valence-corrected chi connectivity index (χ4v) is 2.50. The summed E-state index contributed by atoms with van der Waals surface area (Å²) >= 11 is 0. The molecular formula is C15H20N4. The molecule has 19 heavy (non-hydrogen) atoms. The zero-order valence-corrected chi connectivity index (χ0v) is 11.3. The first-order chi connectivity index (χ1) is 9.26. The Bertz CT molecular complexity index is 573. The first-order valence-electron chi connectivity index (χ1n) is 6.79. The Morgan fingerprint density at radius 3 is 2.63 bits per heavy atom. The summed E-state index contributed by atoms with van der Waals surface area (Å²) in [5.41, 5.74) is 7.87. The minimum Gasteiger partial charge on any atom is -0.354 e. The molecule has 0 spiro atoms. The number of benzene rings is 1. The van der Waals surface area contributed by atoms with Crippen LogP contribution >= 0.6 is 0 Å². The van der Waals surface area contributed by atoms with Gasteiger partial charge in [-0.15, -0.1) is 0 Å². The van der Waals surface area contributed by atoms with Crippen LogP contribution < -0.4 is 10.6 Å². The highest BCUT2D eigenvalue weighted by Crippen LogP contribution is 2.20. The van der Waals surface area contributed by atoms with Crippen molar-refractivity contribution in [2.24, 2.45) is 5.73 Å². The molecule has 1 aliphatic heterocycles. The van der Waals surface area contributed by atoms with Crippen molar-refractivity contribution in [1.29, 1.82) is 0 Å². The predicted molar refractivity (Wildman–Crippen MR) is 79.3 cm³/mol. The highest BCUT2D eigenvalue weighted by Gasteiger charge is 2.15. The fraction of sp³-hybridized carbons (Fsp3) is 0.400. The molecule has 4 nitrogen and oxygen atoms in total. The second kappa shape index (κ2) is 5.15. The van der Waals surface area contributed by atoms with Gasteiger partial charge in [0.2, 0.25) is 0 Å². The number of rotatable bonds is 2. The van der Waals surface area contributed by atoms with E-state index in [4.69, 9.17) is 10.7 Å². The monoisotopic (exact) mass is 256 g/mol. The van der Waals surface area contributed by atoms with Gasteiger partial charge in [0.05, 0.1) is 5.52 Å². The van der Waals surface area contributed by atoms with Crippen LogP contribution in [-0.4, -0.2) is 43.1 Å². The van der Waals surface area contributed by atoms with E-state index in [2.05, 4.69) is 47.2 Å². The molecule has 0 bridgehead atoms. The number of pyridine rings is 1. The highest BCUT2D eigenvalue weighted by molar-refractivity contribution is 5.81. The Balaban J connectivity index is 1.89. The number of nitrogens with zero attached hydrogens (tertiary/aromatic N) is 3. The van der Waals surface area contributed by atoms with E-state index in [0.717, 1.165) is 43.1 Å². The van der Waals surface area contributed by atoms with E-state index in [1.807, 2.05) is 0 Å². The molecule has 0 amide bonds. The average molecular weight is 256 g/mol. The van der Waals surface area contributed by atoms with Crippen molar-refractivity contribution in [2.75, 3.05) is 38.1 Å². The lowest BCUT2D eigenvalue weighted by Crippen LogP contribution is -2.44. The van der Waals surface area contributed by atoms with Crippen molar-refractivity contribution >= 4 is 16.7 Å².